The molecule has 2 heterocycles. The van der Waals surface area contributed by atoms with Gasteiger partial charge in [0.05, 0.1) is 6.54 Å². The van der Waals surface area contributed by atoms with E-state index in [0.717, 1.165) is 35.7 Å². The molecule has 0 radical (unpaired) electrons. The van der Waals surface area contributed by atoms with E-state index < -0.39 is 0 Å². The molecular weight excluding hydrogens is 335 g/mol. The molecule has 3 rings (SSSR count). The van der Waals surface area contributed by atoms with Gasteiger partial charge in [-0.3, -0.25) is 4.79 Å². The van der Waals surface area contributed by atoms with Crippen molar-refractivity contribution in [1.82, 2.24) is 10.2 Å². The molecule has 0 saturated carbocycles. The van der Waals surface area contributed by atoms with Gasteiger partial charge in [0, 0.05) is 27.3 Å². The fourth-order valence-electron chi connectivity index (χ4n) is 3.25. The Kier molecular flexibility index (Phi) is 5.86. The van der Waals surface area contributed by atoms with Gasteiger partial charge in [-0.05, 0) is 58.0 Å². The second kappa shape index (κ2) is 8.11. The first-order chi connectivity index (χ1) is 12.1. The molecule has 1 aliphatic rings. The summed E-state index contributed by atoms with van der Waals surface area (Å²) in [5.41, 5.74) is 0.625. The minimum atomic E-state index is -0.206. The SMILES string of the molecule is CC(C)N(Cc1ccc(-c2ccccc2F)s1)C(=O)C1CCNCC1. The van der Waals surface area contributed by atoms with Crippen molar-refractivity contribution in [2.75, 3.05) is 13.1 Å². The number of piperidine rings is 1. The van der Waals surface area contributed by atoms with Gasteiger partial charge in [-0.25, -0.2) is 4.39 Å². The summed E-state index contributed by atoms with van der Waals surface area (Å²) in [5, 5.41) is 3.31. The Labute approximate surface area is 152 Å². The van der Waals surface area contributed by atoms with Crippen LogP contribution in [0.3, 0.4) is 0 Å². The molecule has 1 aromatic heterocycles. The summed E-state index contributed by atoms with van der Waals surface area (Å²) >= 11 is 1.56. The van der Waals surface area contributed by atoms with Gasteiger partial charge in [0.25, 0.3) is 0 Å². The molecule has 5 heteroatoms. The number of nitrogens with one attached hydrogen (secondary N) is 1. The first-order valence-corrected chi connectivity index (χ1v) is 9.72. The van der Waals surface area contributed by atoms with Crippen LogP contribution in [-0.4, -0.2) is 29.9 Å². The van der Waals surface area contributed by atoms with E-state index in [4.69, 9.17) is 0 Å². The van der Waals surface area contributed by atoms with Crippen molar-refractivity contribution in [2.45, 2.75) is 39.3 Å². The zero-order valence-electron chi connectivity index (χ0n) is 14.8. The normalized spacial score (nSPS) is 15.5. The summed E-state index contributed by atoms with van der Waals surface area (Å²) in [6, 6.07) is 10.9. The van der Waals surface area contributed by atoms with Gasteiger partial charge < -0.3 is 10.2 Å². The predicted octanol–water partition coefficient (Wildman–Crippen LogP) is 4.29. The number of benzene rings is 1. The standard InChI is InChI=1S/C20H25FN2OS/c1-14(2)23(20(24)15-9-11-22-12-10-15)13-16-7-8-19(25-16)17-5-3-4-6-18(17)21/h3-8,14-15,22H,9-13H2,1-2H3. The topological polar surface area (TPSA) is 32.3 Å². The molecule has 0 bridgehead atoms. The molecule has 3 nitrogen and oxygen atoms in total. The van der Waals surface area contributed by atoms with Crippen LogP contribution >= 0.6 is 11.3 Å². The van der Waals surface area contributed by atoms with E-state index in [1.54, 1.807) is 23.5 Å². The summed E-state index contributed by atoms with van der Waals surface area (Å²) in [5.74, 6) is 0.161. The first-order valence-electron chi connectivity index (χ1n) is 8.91. The van der Waals surface area contributed by atoms with E-state index in [1.807, 2.05) is 23.1 Å². The smallest absolute Gasteiger partial charge is 0.226 e. The van der Waals surface area contributed by atoms with E-state index in [1.165, 1.54) is 6.07 Å². The summed E-state index contributed by atoms with van der Waals surface area (Å²) in [7, 11) is 0. The lowest BCUT2D eigenvalue weighted by atomic mass is 9.96. The Hall–Kier alpha value is -1.72. The molecule has 2 aromatic rings. The fourth-order valence-corrected chi connectivity index (χ4v) is 4.29. The molecule has 25 heavy (non-hydrogen) atoms. The van der Waals surface area contributed by atoms with Gasteiger partial charge >= 0.3 is 0 Å². The first kappa shape index (κ1) is 18.1. The van der Waals surface area contributed by atoms with Crippen LogP contribution in [0.5, 0.6) is 0 Å². The van der Waals surface area contributed by atoms with Gasteiger partial charge in [-0.2, -0.15) is 0 Å². The van der Waals surface area contributed by atoms with Crippen molar-refractivity contribution in [1.29, 1.82) is 0 Å². The maximum atomic E-state index is 14.0. The van der Waals surface area contributed by atoms with Crippen molar-refractivity contribution >= 4 is 17.2 Å². The Balaban J connectivity index is 1.75. The fraction of sp³-hybridized carbons (Fsp3) is 0.450. The van der Waals surface area contributed by atoms with Crippen LogP contribution in [0.2, 0.25) is 0 Å². The summed E-state index contributed by atoms with van der Waals surface area (Å²) < 4.78 is 14.0. The molecule has 1 aliphatic heterocycles. The van der Waals surface area contributed by atoms with Crippen LogP contribution in [0.25, 0.3) is 10.4 Å². The van der Waals surface area contributed by atoms with Crippen molar-refractivity contribution in [3.63, 3.8) is 0 Å². The summed E-state index contributed by atoms with van der Waals surface area (Å²) in [6.45, 7) is 6.55. The van der Waals surface area contributed by atoms with Crippen LogP contribution in [-0.2, 0) is 11.3 Å². The van der Waals surface area contributed by atoms with E-state index in [2.05, 4.69) is 19.2 Å². The van der Waals surface area contributed by atoms with Crippen LogP contribution in [0.15, 0.2) is 36.4 Å². The number of thiophene rings is 1. The molecule has 0 aliphatic carbocycles. The third kappa shape index (κ3) is 4.28. The Morgan fingerprint density at radius 2 is 1.96 bits per heavy atom. The average Bonchev–Trinajstić information content (AvgIpc) is 3.08. The molecule has 1 saturated heterocycles. The van der Waals surface area contributed by atoms with Gasteiger partial charge in [0.1, 0.15) is 5.82 Å². The lowest BCUT2D eigenvalue weighted by Crippen LogP contribution is -2.43. The Morgan fingerprint density at radius 3 is 2.64 bits per heavy atom. The second-order valence-electron chi connectivity index (χ2n) is 6.83. The number of hydrogen-bond acceptors (Lipinski definition) is 3. The van der Waals surface area contributed by atoms with Crippen molar-refractivity contribution in [3.8, 4) is 10.4 Å². The number of carbonyl (C=O) groups is 1. The van der Waals surface area contributed by atoms with Gasteiger partial charge in [-0.15, -0.1) is 11.3 Å². The van der Waals surface area contributed by atoms with Crippen molar-refractivity contribution < 1.29 is 9.18 Å². The molecule has 134 valence electrons. The quantitative estimate of drug-likeness (QED) is 0.863. The number of carbonyl (C=O) groups excluding carboxylic acids is 1. The predicted molar refractivity (Wildman–Crippen MR) is 101 cm³/mol. The zero-order valence-corrected chi connectivity index (χ0v) is 15.6. The van der Waals surface area contributed by atoms with Crippen molar-refractivity contribution in [3.05, 3.63) is 47.1 Å². The molecule has 1 N–H and O–H groups in total. The monoisotopic (exact) mass is 360 g/mol. The van der Waals surface area contributed by atoms with E-state index >= 15 is 0 Å². The maximum Gasteiger partial charge on any atom is 0.226 e. The zero-order chi connectivity index (χ0) is 17.8. The number of nitrogens with zero attached hydrogens (tertiary/aromatic N) is 1. The number of hydrogen-bond donors (Lipinski definition) is 1. The van der Waals surface area contributed by atoms with E-state index in [0.29, 0.717) is 12.1 Å². The van der Waals surface area contributed by atoms with E-state index in [9.17, 15) is 9.18 Å². The molecule has 1 fully saturated rings. The molecule has 0 unspecified atom stereocenters. The third-order valence-electron chi connectivity index (χ3n) is 4.72. The Morgan fingerprint density at radius 1 is 1.24 bits per heavy atom. The van der Waals surface area contributed by atoms with Crippen LogP contribution in [0, 0.1) is 11.7 Å². The van der Waals surface area contributed by atoms with Gasteiger partial charge in [-0.1, -0.05) is 18.2 Å². The van der Waals surface area contributed by atoms with Crippen LogP contribution < -0.4 is 5.32 Å². The highest BCUT2D eigenvalue weighted by Gasteiger charge is 2.27. The van der Waals surface area contributed by atoms with E-state index in [-0.39, 0.29) is 23.7 Å². The molecule has 1 amide bonds. The molecule has 0 atom stereocenters. The Bertz CT molecular complexity index is 722. The maximum absolute atomic E-state index is 14.0. The summed E-state index contributed by atoms with van der Waals surface area (Å²) in [4.78, 5) is 16.9. The van der Waals surface area contributed by atoms with Gasteiger partial charge in [0.2, 0.25) is 5.91 Å². The number of rotatable bonds is 5. The number of amides is 1. The van der Waals surface area contributed by atoms with Crippen LogP contribution in [0.4, 0.5) is 4.39 Å². The minimum absolute atomic E-state index is 0.120. The molecule has 1 aromatic carbocycles. The minimum Gasteiger partial charge on any atom is -0.335 e. The van der Waals surface area contributed by atoms with Gasteiger partial charge in [0.15, 0.2) is 0 Å². The highest BCUT2D eigenvalue weighted by molar-refractivity contribution is 7.15. The second-order valence-corrected chi connectivity index (χ2v) is 8.00. The number of halogens is 1. The largest absolute Gasteiger partial charge is 0.335 e. The lowest BCUT2D eigenvalue weighted by molar-refractivity contribution is -0.138. The van der Waals surface area contributed by atoms with Crippen LogP contribution in [0.1, 0.15) is 31.6 Å². The lowest BCUT2D eigenvalue weighted by Gasteiger charge is -2.32. The summed E-state index contributed by atoms with van der Waals surface area (Å²) in [6.07, 6.45) is 1.82. The van der Waals surface area contributed by atoms with Crippen molar-refractivity contribution in [2.24, 2.45) is 5.92 Å². The molecule has 0 spiro atoms. The highest BCUT2D eigenvalue weighted by atomic mass is 32.1. The third-order valence-corrected chi connectivity index (χ3v) is 5.83. The highest BCUT2D eigenvalue weighted by Crippen LogP contribution is 2.31. The molecular formula is C20H25FN2OS. The average molecular weight is 360 g/mol.